The van der Waals surface area contributed by atoms with Crippen molar-refractivity contribution in [2.45, 2.75) is 58.8 Å². The second kappa shape index (κ2) is 7.13. The third kappa shape index (κ3) is 4.60. The zero-order valence-electron chi connectivity index (χ0n) is 12.4. The summed E-state index contributed by atoms with van der Waals surface area (Å²) in [5.74, 6) is 1.03. The molecule has 0 atom stereocenters. The number of nitrogens with two attached hydrogens (primary N) is 1. The van der Waals surface area contributed by atoms with Gasteiger partial charge in [-0.25, -0.2) is 0 Å². The van der Waals surface area contributed by atoms with E-state index in [0.29, 0.717) is 12.3 Å². The second-order valence-electron chi connectivity index (χ2n) is 6.45. The SMILES string of the molecule is CC(C)CCCCC(=O)N(C)CC1(CN)CCC1. The van der Waals surface area contributed by atoms with Gasteiger partial charge in [0.1, 0.15) is 0 Å². The average Bonchev–Trinajstić information content (AvgIpc) is 2.28. The van der Waals surface area contributed by atoms with Crippen LogP contribution in [0.2, 0.25) is 0 Å². The molecule has 1 amide bonds. The molecule has 18 heavy (non-hydrogen) atoms. The molecule has 1 fully saturated rings. The van der Waals surface area contributed by atoms with Gasteiger partial charge in [0.25, 0.3) is 0 Å². The highest BCUT2D eigenvalue weighted by atomic mass is 16.2. The zero-order valence-corrected chi connectivity index (χ0v) is 12.4. The number of rotatable bonds is 8. The molecule has 0 aromatic rings. The van der Waals surface area contributed by atoms with E-state index in [2.05, 4.69) is 13.8 Å². The second-order valence-corrected chi connectivity index (χ2v) is 6.45. The van der Waals surface area contributed by atoms with Gasteiger partial charge in [0, 0.05) is 25.4 Å². The van der Waals surface area contributed by atoms with Crippen molar-refractivity contribution in [3.8, 4) is 0 Å². The normalized spacial score (nSPS) is 17.6. The highest BCUT2D eigenvalue weighted by Crippen LogP contribution is 2.40. The number of amides is 1. The molecule has 0 aromatic heterocycles. The van der Waals surface area contributed by atoms with Crippen LogP contribution in [0.4, 0.5) is 0 Å². The maximum Gasteiger partial charge on any atom is 0.222 e. The first kappa shape index (κ1) is 15.5. The average molecular weight is 254 g/mol. The molecule has 0 spiro atoms. The van der Waals surface area contributed by atoms with Crippen LogP contribution in [-0.2, 0) is 4.79 Å². The Morgan fingerprint density at radius 2 is 2.00 bits per heavy atom. The fourth-order valence-electron chi connectivity index (χ4n) is 2.71. The lowest BCUT2D eigenvalue weighted by Gasteiger charge is -2.43. The van der Waals surface area contributed by atoms with Crippen molar-refractivity contribution in [1.82, 2.24) is 4.90 Å². The molecule has 0 saturated heterocycles. The Bertz CT molecular complexity index is 254. The minimum Gasteiger partial charge on any atom is -0.345 e. The van der Waals surface area contributed by atoms with Gasteiger partial charge in [0.05, 0.1) is 0 Å². The summed E-state index contributed by atoms with van der Waals surface area (Å²) < 4.78 is 0. The summed E-state index contributed by atoms with van der Waals surface area (Å²) in [7, 11) is 1.93. The number of carbonyl (C=O) groups is 1. The number of hydrogen-bond donors (Lipinski definition) is 1. The van der Waals surface area contributed by atoms with Crippen molar-refractivity contribution in [2.24, 2.45) is 17.1 Å². The summed E-state index contributed by atoms with van der Waals surface area (Å²) in [6, 6.07) is 0. The fourth-order valence-corrected chi connectivity index (χ4v) is 2.71. The fraction of sp³-hybridized carbons (Fsp3) is 0.933. The quantitative estimate of drug-likeness (QED) is 0.677. The molecule has 0 aliphatic heterocycles. The minimum absolute atomic E-state index is 0.238. The van der Waals surface area contributed by atoms with E-state index >= 15 is 0 Å². The van der Waals surface area contributed by atoms with E-state index in [4.69, 9.17) is 5.73 Å². The summed E-state index contributed by atoms with van der Waals surface area (Å²) in [5.41, 5.74) is 6.07. The molecule has 106 valence electrons. The van der Waals surface area contributed by atoms with Crippen molar-refractivity contribution in [2.75, 3.05) is 20.1 Å². The smallest absolute Gasteiger partial charge is 0.222 e. The topological polar surface area (TPSA) is 46.3 Å². The molecule has 3 nitrogen and oxygen atoms in total. The first-order valence-corrected chi connectivity index (χ1v) is 7.43. The van der Waals surface area contributed by atoms with E-state index in [0.717, 1.165) is 25.4 Å². The Balaban J connectivity index is 2.20. The Hall–Kier alpha value is -0.570. The van der Waals surface area contributed by atoms with Crippen LogP contribution < -0.4 is 5.73 Å². The van der Waals surface area contributed by atoms with Crippen LogP contribution in [0.15, 0.2) is 0 Å². The predicted octanol–water partition coefficient (Wildman–Crippen LogP) is 2.79. The maximum atomic E-state index is 12.0. The van der Waals surface area contributed by atoms with Crippen LogP contribution in [-0.4, -0.2) is 30.9 Å². The van der Waals surface area contributed by atoms with Crippen LogP contribution in [0.1, 0.15) is 58.8 Å². The Morgan fingerprint density at radius 3 is 2.44 bits per heavy atom. The molecule has 1 rings (SSSR count). The van der Waals surface area contributed by atoms with Crippen LogP contribution in [0, 0.1) is 11.3 Å². The van der Waals surface area contributed by atoms with E-state index in [-0.39, 0.29) is 5.41 Å². The molecule has 2 N–H and O–H groups in total. The van der Waals surface area contributed by atoms with Gasteiger partial charge in [-0.15, -0.1) is 0 Å². The Morgan fingerprint density at radius 1 is 1.33 bits per heavy atom. The highest BCUT2D eigenvalue weighted by Gasteiger charge is 2.37. The van der Waals surface area contributed by atoms with Crippen LogP contribution in [0.5, 0.6) is 0 Å². The van der Waals surface area contributed by atoms with Crippen LogP contribution >= 0.6 is 0 Å². The molecular formula is C15H30N2O. The summed E-state index contributed by atoms with van der Waals surface area (Å²) in [5, 5.41) is 0. The molecule has 0 heterocycles. The van der Waals surface area contributed by atoms with E-state index < -0.39 is 0 Å². The maximum absolute atomic E-state index is 12.0. The third-order valence-corrected chi connectivity index (χ3v) is 4.27. The lowest BCUT2D eigenvalue weighted by molar-refractivity contribution is -0.132. The van der Waals surface area contributed by atoms with E-state index in [1.165, 1.54) is 32.1 Å². The highest BCUT2D eigenvalue weighted by molar-refractivity contribution is 5.75. The lowest BCUT2D eigenvalue weighted by Crippen LogP contribution is -2.47. The number of unbranched alkanes of at least 4 members (excludes halogenated alkanes) is 1. The monoisotopic (exact) mass is 254 g/mol. The van der Waals surface area contributed by atoms with Gasteiger partial charge < -0.3 is 10.6 Å². The number of carbonyl (C=O) groups excluding carboxylic acids is 1. The van der Waals surface area contributed by atoms with Crippen molar-refractivity contribution in [3.63, 3.8) is 0 Å². The molecule has 0 aromatic carbocycles. The summed E-state index contributed by atoms with van der Waals surface area (Å²) in [6.45, 7) is 6.04. The first-order chi connectivity index (χ1) is 8.49. The molecule has 0 bridgehead atoms. The van der Waals surface area contributed by atoms with Crippen molar-refractivity contribution >= 4 is 5.91 Å². The van der Waals surface area contributed by atoms with Gasteiger partial charge in [-0.05, 0) is 31.7 Å². The Labute approximate surface area is 112 Å². The number of nitrogens with zero attached hydrogens (tertiary/aromatic N) is 1. The van der Waals surface area contributed by atoms with Gasteiger partial charge in [-0.2, -0.15) is 0 Å². The largest absolute Gasteiger partial charge is 0.345 e. The number of hydrogen-bond acceptors (Lipinski definition) is 2. The third-order valence-electron chi connectivity index (χ3n) is 4.27. The first-order valence-electron chi connectivity index (χ1n) is 7.43. The zero-order chi connectivity index (χ0) is 13.6. The molecule has 1 saturated carbocycles. The van der Waals surface area contributed by atoms with E-state index in [1.807, 2.05) is 11.9 Å². The van der Waals surface area contributed by atoms with Crippen molar-refractivity contribution in [3.05, 3.63) is 0 Å². The van der Waals surface area contributed by atoms with Gasteiger partial charge in [-0.3, -0.25) is 4.79 Å². The molecule has 3 heteroatoms. The van der Waals surface area contributed by atoms with Gasteiger partial charge in [0.15, 0.2) is 0 Å². The summed E-state index contributed by atoms with van der Waals surface area (Å²) in [6.07, 6.45) is 7.76. The van der Waals surface area contributed by atoms with Crippen molar-refractivity contribution in [1.29, 1.82) is 0 Å². The van der Waals surface area contributed by atoms with E-state index in [9.17, 15) is 4.79 Å². The van der Waals surface area contributed by atoms with E-state index in [1.54, 1.807) is 0 Å². The predicted molar refractivity (Wildman–Crippen MR) is 76.3 cm³/mol. The summed E-state index contributed by atoms with van der Waals surface area (Å²) in [4.78, 5) is 13.9. The summed E-state index contributed by atoms with van der Waals surface area (Å²) >= 11 is 0. The van der Waals surface area contributed by atoms with Gasteiger partial charge in [0.2, 0.25) is 5.91 Å². The molecule has 1 aliphatic carbocycles. The van der Waals surface area contributed by atoms with Gasteiger partial charge in [-0.1, -0.05) is 33.1 Å². The lowest BCUT2D eigenvalue weighted by atomic mass is 9.68. The van der Waals surface area contributed by atoms with Crippen molar-refractivity contribution < 1.29 is 4.79 Å². The standard InChI is InChI=1S/C15H30N2O/c1-13(2)7-4-5-8-14(18)17(3)12-15(11-16)9-6-10-15/h13H,4-12,16H2,1-3H3. The molecular weight excluding hydrogens is 224 g/mol. The van der Waals surface area contributed by atoms with Gasteiger partial charge >= 0.3 is 0 Å². The van der Waals surface area contributed by atoms with Crippen LogP contribution in [0.3, 0.4) is 0 Å². The minimum atomic E-state index is 0.238. The molecule has 1 aliphatic rings. The molecule has 0 radical (unpaired) electrons. The Kier molecular flexibility index (Phi) is 6.13. The van der Waals surface area contributed by atoms with Crippen LogP contribution in [0.25, 0.3) is 0 Å². The molecule has 0 unspecified atom stereocenters.